The molecule has 0 aliphatic rings. The molecule has 0 aliphatic carbocycles. The van der Waals surface area contributed by atoms with Crippen molar-refractivity contribution in [2.75, 3.05) is 0 Å². The van der Waals surface area contributed by atoms with E-state index >= 15 is 0 Å². The fraction of sp³-hybridized carbons (Fsp3) is 0.0526. The molecule has 41 heavy (non-hydrogen) atoms. The summed E-state index contributed by atoms with van der Waals surface area (Å²) < 4.78 is 0. The smallest absolute Gasteiger partial charge is 0.0623 e. The number of benzene rings is 6. The van der Waals surface area contributed by atoms with Gasteiger partial charge in [0.2, 0.25) is 0 Å². The van der Waals surface area contributed by atoms with Gasteiger partial charge in [0.25, 0.3) is 0 Å². The Morgan fingerprint density at radius 3 is 0.854 bits per heavy atom. The minimum Gasteiger partial charge on any atom is -0.0623 e. The summed E-state index contributed by atoms with van der Waals surface area (Å²) in [5, 5.41) is 11.6. The molecule has 0 spiro atoms. The van der Waals surface area contributed by atoms with Crippen LogP contribution in [-0.2, 0) is 0 Å². The highest BCUT2D eigenvalue weighted by Gasteiger charge is 2.35. The lowest BCUT2D eigenvalue weighted by Gasteiger charge is -2.33. The van der Waals surface area contributed by atoms with E-state index in [4.69, 9.17) is 0 Å². The molecule has 6 aromatic rings. The van der Waals surface area contributed by atoms with Gasteiger partial charge in [0.1, 0.15) is 8.07 Å². The Morgan fingerprint density at radius 2 is 0.561 bits per heavy atom. The highest BCUT2D eigenvalue weighted by Crippen LogP contribution is 2.34. The monoisotopic (exact) mass is 580 g/mol. The Labute approximate surface area is 248 Å². The Balaban J connectivity index is 1.55. The summed E-state index contributed by atoms with van der Waals surface area (Å²) >= 11 is 0. The van der Waals surface area contributed by atoms with Gasteiger partial charge in [-0.05, 0) is 58.0 Å². The number of hydrogen-bond acceptors (Lipinski definition) is 0. The molecule has 0 saturated heterocycles. The Hall–Kier alpha value is -3.60. The summed E-state index contributed by atoms with van der Waals surface area (Å²) in [7, 11) is -3.56. The molecule has 6 rings (SSSR count). The van der Waals surface area contributed by atoms with Crippen molar-refractivity contribution in [1.82, 2.24) is 0 Å². The molecule has 0 N–H and O–H groups in total. The number of rotatable bonds is 8. The molecule has 0 saturated carbocycles. The van der Waals surface area contributed by atoms with E-state index in [1.165, 1.54) is 42.2 Å². The van der Waals surface area contributed by atoms with Gasteiger partial charge >= 0.3 is 0 Å². The van der Waals surface area contributed by atoms with Crippen LogP contribution < -0.4 is 42.2 Å². The lowest BCUT2D eigenvalue weighted by Crippen LogP contribution is -2.62. The Morgan fingerprint density at radius 1 is 0.317 bits per heavy atom. The molecule has 0 atom stereocenters. The minimum absolute atomic E-state index is 0.694. The second kappa shape index (κ2) is 12.5. The van der Waals surface area contributed by atoms with Crippen molar-refractivity contribution in [3.8, 4) is 0 Å². The van der Waals surface area contributed by atoms with Crippen molar-refractivity contribution >= 4 is 66.1 Å². The molecule has 0 radical (unpaired) electrons. The van der Waals surface area contributed by atoms with Crippen LogP contribution in [-0.4, -0.2) is 8.07 Å². The highest BCUT2D eigenvalue weighted by atomic mass is 31.1. The van der Waals surface area contributed by atoms with Gasteiger partial charge in [-0.3, -0.25) is 0 Å². The van der Waals surface area contributed by atoms with Crippen LogP contribution in [0.15, 0.2) is 170 Å². The van der Waals surface area contributed by atoms with Gasteiger partial charge in [0, 0.05) is 0 Å². The maximum absolute atomic E-state index is 2.55. The van der Waals surface area contributed by atoms with Gasteiger partial charge in [0.05, 0.1) is 0 Å². The second-order valence-electron chi connectivity index (χ2n) is 10.7. The molecule has 0 bridgehead atoms. The summed E-state index contributed by atoms with van der Waals surface area (Å²) in [4.78, 5) is 0. The van der Waals surface area contributed by atoms with Crippen LogP contribution in [0, 0.1) is 0 Å². The van der Waals surface area contributed by atoms with Gasteiger partial charge in [0.15, 0.2) is 0 Å². The van der Waals surface area contributed by atoms with E-state index in [1.54, 1.807) is 0 Å². The van der Waals surface area contributed by atoms with Crippen molar-refractivity contribution in [1.29, 1.82) is 0 Å². The zero-order chi connectivity index (χ0) is 28.1. The fourth-order valence-electron chi connectivity index (χ4n) is 5.70. The predicted molar refractivity (Wildman–Crippen MR) is 187 cm³/mol. The van der Waals surface area contributed by atoms with Gasteiger partial charge in [-0.15, -0.1) is 0 Å². The summed E-state index contributed by atoms with van der Waals surface area (Å²) in [5.41, 5.74) is 0. The molecular formula is C38H34P2Si. The first-order valence-corrected chi connectivity index (χ1v) is 19.8. The van der Waals surface area contributed by atoms with E-state index in [0.29, 0.717) is 0 Å². The van der Waals surface area contributed by atoms with Crippen molar-refractivity contribution in [2.24, 2.45) is 0 Å². The van der Waals surface area contributed by atoms with E-state index < -0.39 is 23.9 Å². The molecule has 200 valence electrons. The lowest BCUT2D eigenvalue weighted by atomic mass is 10.3. The quantitative estimate of drug-likeness (QED) is 0.153. The molecule has 0 unspecified atom stereocenters. The van der Waals surface area contributed by atoms with Crippen LogP contribution >= 0.6 is 15.8 Å². The summed E-state index contributed by atoms with van der Waals surface area (Å²) in [5.74, 6) is 0. The van der Waals surface area contributed by atoms with Gasteiger partial charge < -0.3 is 0 Å². The third-order valence-corrected chi connectivity index (χ3v) is 16.7. The van der Waals surface area contributed by atoms with Gasteiger partial charge in [-0.25, -0.2) is 0 Å². The fourth-order valence-corrected chi connectivity index (χ4v) is 15.5. The molecule has 0 heterocycles. The maximum Gasteiger partial charge on any atom is 0.113 e. The van der Waals surface area contributed by atoms with Gasteiger partial charge in [-0.2, -0.15) is 0 Å². The molecule has 0 aliphatic heterocycles. The van der Waals surface area contributed by atoms with E-state index in [-0.39, 0.29) is 0 Å². The first-order valence-electron chi connectivity index (χ1n) is 14.1. The average Bonchev–Trinajstić information content (AvgIpc) is 3.04. The minimum atomic E-state index is -2.17. The van der Waals surface area contributed by atoms with E-state index in [1.807, 2.05) is 0 Å². The zero-order valence-corrected chi connectivity index (χ0v) is 26.3. The predicted octanol–water partition coefficient (Wildman–Crippen LogP) is 6.03. The topological polar surface area (TPSA) is 0 Å². The number of hydrogen-bond donors (Lipinski definition) is 0. The van der Waals surface area contributed by atoms with Crippen molar-refractivity contribution in [3.63, 3.8) is 0 Å². The van der Waals surface area contributed by atoms with Crippen LogP contribution in [0.2, 0.25) is 13.1 Å². The van der Waals surface area contributed by atoms with Gasteiger partial charge in [-0.1, -0.05) is 183 Å². The summed E-state index contributed by atoms with van der Waals surface area (Å²) in [6.45, 7) is 5.11. The van der Waals surface area contributed by atoms with E-state index in [0.717, 1.165) is 0 Å². The molecule has 0 fully saturated rings. The van der Waals surface area contributed by atoms with Crippen molar-refractivity contribution in [2.45, 2.75) is 13.1 Å². The van der Waals surface area contributed by atoms with Crippen LogP contribution in [0.5, 0.6) is 0 Å². The second-order valence-corrected chi connectivity index (χ2v) is 19.4. The Bertz CT molecular complexity index is 1490. The Kier molecular flexibility index (Phi) is 8.40. The third-order valence-electron chi connectivity index (χ3n) is 7.69. The first-order chi connectivity index (χ1) is 20.1. The first kappa shape index (κ1) is 27.6. The third kappa shape index (κ3) is 5.77. The normalized spacial score (nSPS) is 11.6. The standard InChI is InChI=1S/C38H34P2Si/c1-41(2,37-29-17-15-27-35(37)39(31-19-7-3-8-20-31)32-21-9-4-10-22-32)38-30-18-16-28-36(38)40(33-23-11-5-12-24-33)34-25-13-6-14-26-34/h3-30H,1-2H3. The zero-order valence-electron chi connectivity index (χ0n) is 23.6. The van der Waals surface area contributed by atoms with Crippen LogP contribution in [0.4, 0.5) is 0 Å². The van der Waals surface area contributed by atoms with E-state index in [2.05, 4.69) is 183 Å². The van der Waals surface area contributed by atoms with E-state index in [9.17, 15) is 0 Å². The molecule has 3 heteroatoms. The van der Waals surface area contributed by atoms with Crippen LogP contribution in [0.25, 0.3) is 0 Å². The lowest BCUT2D eigenvalue weighted by molar-refractivity contribution is 1.71. The van der Waals surface area contributed by atoms with Crippen LogP contribution in [0.1, 0.15) is 0 Å². The van der Waals surface area contributed by atoms with Crippen molar-refractivity contribution in [3.05, 3.63) is 170 Å². The SMILES string of the molecule is C[Si](C)(c1ccccc1P(c1ccccc1)c1ccccc1)c1ccccc1P(c1ccccc1)c1ccccc1. The van der Waals surface area contributed by atoms with Crippen molar-refractivity contribution < 1.29 is 0 Å². The molecule has 0 nitrogen and oxygen atoms in total. The highest BCUT2D eigenvalue weighted by molar-refractivity contribution is 7.81. The average molecular weight is 581 g/mol. The molecule has 0 aromatic heterocycles. The molecular weight excluding hydrogens is 546 g/mol. The summed E-state index contributed by atoms with van der Waals surface area (Å²) in [6, 6.07) is 63.0. The summed E-state index contributed by atoms with van der Waals surface area (Å²) in [6.07, 6.45) is 0. The molecule has 0 amide bonds. The molecule has 6 aromatic carbocycles. The van der Waals surface area contributed by atoms with Crippen LogP contribution in [0.3, 0.4) is 0 Å². The largest absolute Gasteiger partial charge is 0.113 e. The maximum atomic E-state index is 2.55.